The smallest absolute Gasteiger partial charge is 0.258 e. The van der Waals surface area contributed by atoms with Gasteiger partial charge in [-0.25, -0.2) is 8.42 Å². The van der Waals surface area contributed by atoms with E-state index in [9.17, 15) is 18.3 Å². The van der Waals surface area contributed by atoms with Crippen molar-refractivity contribution in [2.24, 2.45) is 5.92 Å². The first-order valence-electron chi connectivity index (χ1n) is 11.8. The molecule has 0 saturated heterocycles. The van der Waals surface area contributed by atoms with Gasteiger partial charge in [0, 0.05) is 31.2 Å². The summed E-state index contributed by atoms with van der Waals surface area (Å²) in [5, 5.41) is 9.81. The minimum Gasteiger partial charge on any atom is -0.488 e. The zero-order valence-electron chi connectivity index (χ0n) is 20.9. The van der Waals surface area contributed by atoms with Crippen LogP contribution in [0.1, 0.15) is 29.8 Å². The zero-order valence-corrected chi connectivity index (χ0v) is 21.7. The molecular weight excluding hydrogens is 486 g/mol. The summed E-state index contributed by atoms with van der Waals surface area (Å²) >= 11 is 0. The summed E-state index contributed by atoms with van der Waals surface area (Å²) in [5.74, 6) is 1.49. The van der Waals surface area contributed by atoms with Crippen LogP contribution in [-0.4, -0.2) is 81.2 Å². The van der Waals surface area contributed by atoms with Gasteiger partial charge in [-0.3, -0.25) is 14.4 Å². The first kappa shape index (κ1) is 26.1. The maximum atomic E-state index is 13.4. The van der Waals surface area contributed by atoms with E-state index in [2.05, 4.69) is 9.62 Å². The standard InChI is InChI=1S/C25H33N3O7S/c1-16-11-28(17(2)14-29)25(30)20-10-19(26-36(4,31)32)6-8-21(20)35-24(16)13-27(3)12-18-5-7-22-23(9-18)34-15-33-22/h5-10,16-17,24,26,29H,11-15H2,1-4H3/t16-,17-,24-/m1/s1. The molecule has 196 valence electrons. The maximum absolute atomic E-state index is 13.4. The normalized spacial score (nSPS) is 20.4. The Hall–Kier alpha value is -3.02. The molecule has 0 saturated carbocycles. The minimum absolute atomic E-state index is 0.0378. The lowest BCUT2D eigenvalue weighted by atomic mass is 9.99. The summed E-state index contributed by atoms with van der Waals surface area (Å²) in [5.41, 5.74) is 1.59. The number of aliphatic hydroxyl groups excluding tert-OH is 1. The predicted molar refractivity (Wildman–Crippen MR) is 135 cm³/mol. The molecule has 0 fully saturated rings. The van der Waals surface area contributed by atoms with E-state index in [-0.39, 0.29) is 42.6 Å². The van der Waals surface area contributed by atoms with Gasteiger partial charge in [-0.1, -0.05) is 13.0 Å². The number of sulfonamides is 1. The van der Waals surface area contributed by atoms with Gasteiger partial charge in [0.1, 0.15) is 11.9 Å². The number of amides is 1. The number of fused-ring (bicyclic) bond motifs is 2. The molecule has 0 unspecified atom stereocenters. The molecule has 10 nitrogen and oxygen atoms in total. The molecule has 11 heteroatoms. The second-order valence-electron chi connectivity index (χ2n) is 9.59. The van der Waals surface area contributed by atoms with E-state index in [4.69, 9.17) is 14.2 Å². The summed E-state index contributed by atoms with van der Waals surface area (Å²) in [6, 6.07) is 10.1. The molecule has 0 aromatic heterocycles. The van der Waals surface area contributed by atoms with Crippen LogP contribution in [0.15, 0.2) is 36.4 Å². The highest BCUT2D eigenvalue weighted by Crippen LogP contribution is 2.33. The fraction of sp³-hybridized carbons (Fsp3) is 0.480. The van der Waals surface area contributed by atoms with Gasteiger partial charge in [0.2, 0.25) is 16.8 Å². The van der Waals surface area contributed by atoms with E-state index < -0.39 is 16.1 Å². The lowest BCUT2D eigenvalue weighted by Gasteiger charge is -2.38. The van der Waals surface area contributed by atoms with Gasteiger partial charge in [0.25, 0.3) is 5.91 Å². The second-order valence-corrected chi connectivity index (χ2v) is 11.3. The average Bonchev–Trinajstić information content (AvgIpc) is 3.28. The van der Waals surface area contributed by atoms with Crippen LogP contribution in [0.4, 0.5) is 5.69 Å². The van der Waals surface area contributed by atoms with E-state index in [0.717, 1.165) is 23.3 Å². The fourth-order valence-electron chi connectivity index (χ4n) is 4.44. The highest BCUT2D eigenvalue weighted by molar-refractivity contribution is 7.92. The van der Waals surface area contributed by atoms with Crippen molar-refractivity contribution in [2.75, 3.05) is 44.5 Å². The number of hydrogen-bond acceptors (Lipinski definition) is 8. The number of ether oxygens (including phenoxy) is 3. The first-order chi connectivity index (χ1) is 17.0. The topological polar surface area (TPSA) is 118 Å². The molecule has 2 heterocycles. The predicted octanol–water partition coefficient (Wildman–Crippen LogP) is 2.14. The number of hydrogen-bond donors (Lipinski definition) is 2. The van der Waals surface area contributed by atoms with Crippen molar-refractivity contribution >= 4 is 21.6 Å². The number of benzene rings is 2. The van der Waals surface area contributed by atoms with Gasteiger partial charge in [0.15, 0.2) is 11.5 Å². The SMILES string of the molecule is C[C@@H]1CN([C@H](C)CO)C(=O)c2cc(NS(C)(=O)=O)ccc2O[C@@H]1CN(C)Cc1ccc2c(c1)OCO2. The number of nitrogens with one attached hydrogen (secondary N) is 1. The van der Waals surface area contributed by atoms with Crippen LogP contribution < -0.4 is 18.9 Å². The Kier molecular flexibility index (Phi) is 7.62. The third kappa shape index (κ3) is 6.03. The number of carbonyl (C=O) groups excluding carboxylic acids is 1. The molecule has 4 rings (SSSR count). The Balaban J connectivity index is 1.58. The molecule has 2 N–H and O–H groups in total. The summed E-state index contributed by atoms with van der Waals surface area (Å²) in [7, 11) is -1.52. The van der Waals surface area contributed by atoms with Crippen LogP contribution in [0, 0.1) is 5.92 Å². The third-order valence-corrected chi connectivity index (χ3v) is 6.96. The van der Waals surface area contributed by atoms with E-state index in [1.165, 1.54) is 6.07 Å². The van der Waals surface area contributed by atoms with Crippen molar-refractivity contribution in [3.63, 3.8) is 0 Å². The van der Waals surface area contributed by atoms with Crippen molar-refractivity contribution in [3.05, 3.63) is 47.5 Å². The number of nitrogens with zero attached hydrogens (tertiary/aromatic N) is 2. The Labute approximate surface area is 211 Å². The lowest BCUT2D eigenvalue weighted by Crippen LogP contribution is -2.49. The van der Waals surface area contributed by atoms with Gasteiger partial charge in [-0.15, -0.1) is 0 Å². The molecular formula is C25H33N3O7S. The fourth-order valence-corrected chi connectivity index (χ4v) is 5.00. The van der Waals surface area contributed by atoms with Crippen LogP contribution in [0.3, 0.4) is 0 Å². The van der Waals surface area contributed by atoms with E-state index in [1.54, 1.807) is 24.0 Å². The molecule has 0 aliphatic carbocycles. The molecule has 0 spiro atoms. The number of anilines is 1. The van der Waals surface area contributed by atoms with Gasteiger partial charge in [0.05, 0.1) is 24.5 Å². The zero-order chi connectivity index (χ0) is 26.0. The molecule has 0 bridgehead atoms. The molecule has 0 radical (unpaired) electrons. The summed E-state index contributed by atoms with van der Waals surface area (Å²) < 4.78 is 43.1. The van der Waals surface area contributed by atoms with Crippen molar-refractivity contribution in [2.45, 2.75) is 32.5 Å². The summed E-state index contributed by atoms with van der Waals surface area (Å²) in [4.78, 5) is 17.2. The lowest BCUT2D eigenvalue weighted by molar-refractivity contribution is 0.0341. The highest BCUT2D eigenvalue weighted by Gasteiger charge is 2.33. The van der Waals surface area contributed by atoms with E-state index >= 15 is 0 Å². The number of carbonyl (C=O) groups is 1. The van der Waals surface area contributed by atoms with Crippen molar-refractivity contribution in [1.29, 1.82) is 0 Å². The molecule has 3 atom stereocenters. The highest BCUT2D eigenvalue weighted by atomic mass is 32.2. The Morgan fingerprint density at radius 2 is 1.89 bits per heavy atom. The van der Waals surface area contributed by atoms with Crippen LogP contribution in [0.25, 0.3) is 0 Å². The van der Waals surface area contributed by atoms with Crippen LogP contribution in [0.2, 0.25) is 0 Å². The summed E-state index contributed by atoms with van der Waals surface area (Å²) in [6.07, 6.45) is 0.786. The quantitative estimate of drug-likeness (QED) is 0.545. The van der Waals surface area contributed by atoms with Crippen molar-refractivity contribution in [3.8, 4) is 17.2 Å². The molecule has 2 aliphatic rings. The van der Waals surface area contributed by atoms with E-state index in [0.29, 0.717) is 25.4 Å². The molecule has 2 aromatic carbocycles. The molecule has 2 aromatic rings. The Bertz CT molecular complexity index is 1220. The van der Waals surface area contributed by atoms with Gasteiger partial charge in [-0.05, 0) is 49.9 Å². The van der Waals surface area contributed by atoms with Crippen LogP contribution in [0.5, 0.6) is 17.2 Å². The Morgan fingerprint density at radius 1 is 1.17 bits per heavy atom. The minimum atomic E-state index is -3.52. The van der Waals surface area contributed by atoms with Gasteiger partial charge in [-0.2, -0.15) is 0 Å². The monoisotopic (exact) mass is 519 g/mol. The molecule has 2 aliphatic heterocycles. The number of likely N-dealkylation sites (N-methyl/N-ethyl adjacent to an activating group) is 1. The maximum Gasteiger partial charge on any atom is 0.258 e. The molecule has 1 amide bonds. The van der Waals surface area contributed by atoms with E-state index in [1.807, 2.05) is 32.2 Å². The van der Waals surface area contributed by atoms with Crippen LogP contribution >= 0.6 is 0 Å². The number of aliphatic hydroxyl groups is 1. The van der Waals surface area contributed by atoms with Crippen molar-refractivity contribution in [1.82, 2.24) is 9.80 Å². The Morgan fingerprint density at radius 3 is 2.61 bits per heavy atom. The van der Waals surface area contributed by atoms with Crippen LogP contribution in [-0.2, 0) is 16.6 Å². The molecule has 36 heavy (non-hydrogen) atoms. The largest absolute Gasteiger partial charge is 0.488 e. The number of rotatable bonds is 8. The summed E-state index contributed by atoms with van der Waals surface area (Å²) in [6.45, 7) is 5.46. The first-order valence-corrected chi connectivity index (χ1v) is 13.7. The second kappa shape index (κ2) is 10.5. The van der Waals surface area contributed by atoms with Gasteiger partial charge < -0.3 is 24.2 Å². The van der Waals surface area contributed by atoms with Gasteiger partial charge >= 0.3 is 0 Å². The average molecular weight is 520 g/mol. The third-order valence-electron chi connectivity index (χ3n) is 6.35. The van der Waals surface area contributed by atoms with Crippen molar-refractivity contribution < 1.29 is 32.5 Å².